The number of hydrogen-bond acceptors (Lipinski definition) is 6. The van der Waals surface area contributed by atoms with E-state index in [4.69, 9.17) is 0 Å². The first kappa shape index (κ1) is 14.3. The monoisotopic (exact) mass is 315 g/mol. The molecular formula is C15H13N3O3S. The number of fused-ring (bicyclic) bond motifs is 1. The largest absolute Gasteiger partial charge is 0.508 e. The average molecular weight is 315 g/mol. The van der Waals surface area contributed by atoms with Gasteiger partial charge in [-0.25, -0.2) is 14.8 Å². The molecule has 0 aliphatic heterocycles. The molecule has 0 bridgehead atoms. The van der Waals surface area contributed by atoms with Gasteiger partial charge in [-0.05, 0) is 43.7 Å². The predicted octanol–water partition coefficient (Wildman–Crippen LogP) is 3.46. The Morgan fingerprint density at radius 1 is 1.18 bits per heavy atom. The first-order valence-corrected chi connectivity index (χ1v) is 7.34. The lowest BCUT2D eigenvalue weighted by Crippen LogP contribution is -1.99. The minimum Gasteiger partial charge on any atom is -0.508 e. The molecule has 112 valence electrons. The van der Waals surface area contributed by atoms with Gasteiger partial charge in [-0.3, -0.25) is 0 Å². The van der Waals surface area contributed by atoms with Crippen molar-refractivity contribution in [1.82, 2.24) is 9.97 Å². The lowest BCUT2D eigenvalue weighted by atomic mass is 10.2. The molecule has 1 aromatic carbocycles. The number of rotatable bonds is 3. The van der Waals surface area contributed by atoms with Crippen molar-refractivity contribution in [3.05, 3.63) is 40.5 Å². The highest BCUT2D eigenvalue weighted by atomic mass is 32.1. The second kappa shape index (κ2) is 5.27. The molecule has 3 rings (SSSR count). The van der Waals surface area contributed by atoms with Crippen LogP contribution in [0.5, 0.6) is 5.75 Å². The van der Waals surface area contributed by atoms with Crippen LogP contribution in [0.1, 0.15) is 21.1 Å². The van der Waals surface area contributed by atoms with E-state index < -0.39 is 5.97 Å². The molecular weight excluding hydrogens is 302 g/mol. The highest BCUT2D eigenvalue weighted by molar-refractivity contribution is 7.20. The summed E-state index contributed by atoms with van der Waals surface area (Å²) in [7, 11) is 0. The van der Waals surface area contributed by atoms with Gasteiger partial charge in [0.2, 0.25) is 0 Å². The number of phenolic OH excluding ortho intramolecular Hbond substituents is 1. The molecule has 6 nitrogen and oxygen atoms in total. The molecule has 0 aliphatic rings. The maximum Gasteiger partial charge on any atom is 0.346 e. The predicted molar refractivity (Wildman–Crippen MR) is 85.2 cm³/mol. The van der Waals surface area contributed by atoms with Gasteiger partial charge in [0.15, 0.2) is 0 Å². The van der Waals surface area contributed by atoms with Crippen LogP contribution < -0.4 is 5.32 Å². The third-order valence-corrected chi connectivity index (χ3v) is 4.40. The first-order valence-electron chi connectivity index (χ1n) is 6.53. The molecule has 0 fully saturated rings. The van der Waals surface area contributed by atoms with Crippen LogP contribution in [-0.4, -0.2) is 26.2 Å². The summed E-state index contributed by atoms with van der Waals surface area (Å²) in [6.45, 7) is 3.51. The molecule has 0 aliphatic carbocycles. The number of anilines is 2. The number of carbonyl (C=O) groups is 1. The van der Waals surface area contributed by atoms with Crippen molar-refractivity contribution in [2.24, 2.45) is 0 Å². The van der Waals surface area contributed by atoms with Gasteiger partial charge in [-0.15, -0.1) is 11.3 Å². The number of phenols is 1. The Morgan fingerprint density at radius 3 is 2.50 bits per heavy atom. The number of aromatic carboxylic acids is 1. The topological polar surface area (TPSA) is 95.3 Å². The molecule has 0 amide bonds. The molecule has 0 saturated carbocycles. The van der Waals surface area contributed by atoms with Crippen molar-refractivity contribution in [2.45, 2.75) is 13.8 Å². The van der Waals surface area contributed by atoms with Crippen LogP contribution in [-0.2, 0) is 0 Å². The van der Waals surface area contributed by atoms with Crippen LogP contribution in [0.2, 0.25) is 0 Å². The number of nitrogens with zero attached hydrogens (tertiary/aromatic N) is 2. The fraction of sp³-hybridized carbons (Fsp3) is 0.133. The third kappa shape index (κ3) is 2.46. The van der Waals surface area contributed by atoms with Gasteiger partial charge in [0.1, 0.15) is 27.1 Å². The molecule has 2 heterocycles. The van der Waals surface area contributed by atoms with E-state index >= 15 is 0 Å². The fourth-order valence-corrected chi connectivity index (χ4v) is 3.29. The summed E-state index contributed by atoms with van der Waals surface area (Å²) < 4.78 is 0. The van der Waals surface area contributed by atoms with E-state index in [1.807, 2.05) is 0 Å². The van der Waals surface area contributed by atoms with Crippen molar-refractivity contribution < 1.29 is 15.0 Å². The Kier molecular flexibility index (Phi) is 3.42. The van der Waals surface area contributed by atoms with Crippen molar-refractivity contribution in [3.8, 4) is 5.75 Å². The number of benzene rings is 1. The third-order valence-electron chi connectivity index (χ3n) is 3.23. The summed E-state index contributed by atoms with van der Waals surface area (Å²) in [5.74, 6) is 0.338. The van der Waals surface area contributed by atoms with Gasteiger partial charge >= 0.3 is 5.97 Å². The summed E-state index contributed by atoms with van der Waals surface area (Å²) in [6, 6.07) is 6.57. The van der Waals surface area contributed by atoms with Crippen LogP contribution in [0.4, 0.5) is 11.5 Å². The Balaban J connectivity index is 2.15. The zero-order chi connectivity index (χ0) is 15.9. The molecule has 0 saturated heterocycles. The maximum atomic E-state index is 11.3. The zero-order valence-corrected chi connectivity index (χ0v) is 12.7. The molecule has 3 aromatic rings. The molecule has 22 heavy (non-hydrogen) atoms. The number of carboxylic acids is 1. The average Bonchev–Trinajstić information content (AvgIpc) is 2.78. The van der Waals surface area contributed by atoms with Crippen molar-refractivity contribution in [3.63, 3.8) is 0 Å². The Morgan fingerprint density at radius 2 is 1.86 bits per heavy atom. The van der Waals surface area contributed by atoms with E-state index in [9.17, 15) is 15.0 Å². The summed E-state index contributed by atoms with van der Waals surface area (Å²) in [5, 5.41) is 22.5. The number of aryl methyl sites for hydroxylation is 2. The highest BCUT2D eigenvalue weighted by Gasteiger charge is 2.19. The van der Waals surface area contributed by atoms with Crippen LogP contribution >= 0.6 is 11.3 Å². The second-order valence-electron chi connectivity index (χ2n) is 4.83. The van der Waals surface area contributed by atoms with E-state index in [2.05, 4.69) is 15.3 Å². The number of carboxylic acid groups (broad SMARTS) is 1. The lowest BCUT2D eigenvalue weighted by molar-refractivity contribution is 0.0701. The van der Waals surface area contributed by atoms with Crippen molar-refractivity contribution in [1.29, 1.82) is 0 Å². The smallest absolute Gasteiger partial charge is 0.346 e. The summed E-state index contributed by atoms with van der Waals surface area (Å²) in [5.41, 5.74) is 1.40. The molecule has 7 heteroatoms. The van der Waals surface area contributed by atoms with Gasteiger partial charge in [0.05, 0.1) is 5.39 Å². The lowest BCUT2D eigenvalue weighted by Gasteiger charge is -2.08. The molecule has 0 unspecified atom stereocenters. The summed E-state index contributed by atoms with van der Waals surface area (Å²) >= 11 is 1.14. The van der Waals surface area contributed by atoms with Gasteiger partial charge < -0.3 is 15.5 Å². The SMILES string of the molecule is Cc1nc(Nc2ccc(O)cc2)c2c(C)c(C(=O)O)sc2n1. The van der Waals surface area contributed by atoms with E-state index in [1.165, 1.54) is 0 Å². The second-order valence-corrected chi connectivity index (χ2v) is 5.83. The van der Waals surface area contributed by atoms with E-state index in [0.29, 0.717) is 27.4 Å². The highest BCUT2D eigenvalue weighted by Crippen LogP contribution is 2.35. The van der Waals surface area contributed by atoms with Gasteiger partial charge in [-0.2, -0.15) is 0 Å². The molecule has 0 atom stereocenters. The van der Waals surface area contributed by atoms with Crippen molar-refractivity contribution >= 4 is 39.0 Å². The number of nitrogens with one attached hydrogen (secondary N) is 1. The molecule has 3 N–H and O–H groups in total. The zero-order valence-electron chi connectivity index (χ0n) is 11.9. The van der Waals surface area contributed by atoms with E-state index in [0.717, 1.165) is 17.0 Å². The standard InChI is InChI=1S/C15H13N3O3S/c1-7-11-13(18-9-3-5-10(19)6-4-9)16-8(2)17-14(11)22-12(7)15(20)21/h3-6,19H,1-2H3,(H,20,21)(H,16,17,18). The Hall–Kier alpha value is -2.67. The number of aromatic nitrogens is 2. The van der Waals surface area contributed by atoms with Crippen molar-refractivity contribution in [2.75, 3.05) is 5.32 Å². The quantitative estimate of drug-likeness (QED) is 0.641. The number of aromatic hydroxyl groups is 1. The molecule has 2 aromatic heterocycles. The maximum absolute atomic E-state index is 11.3. The van der Waals surface area contributed by atoms with E-state index in [1.54, 1.807) is 38.1 Å². The summed E-state index contributed by atoms with van der Waals surface area (Å²) in [6.07, 6.45) is 0. The van der Waals surface area contributed by atoms with Crippen LogP contribution in [0.15, 0.2) is 24.3 Å². The molecule has 0 radical (unpaired) electrons. The van der Waals surface area contributed by atoms with Gasteiger partial charge in [-0.1, -0.05) is 0 Å². The van der Waals surface area contributed by atoms with Gasteiger partial charge in [0.25, 0.3) is 0 Å². The number of hydrogen-bond donors (Lipinski definition) is 3. The van der Waals surface area contributed by atoms with E-state index in [-0.39, 0.29) is 10.6 Å². The summed E-state index contributed by atoms with van der Waals surface area (Å²) in [4.78, 5) is 20.9. The van der Waals surface area contributed by atoms with Gasteiger partial charge in [0, 0.05) is 5.69 Å². The minimum atomic E-state index is -0.964. The molecule has 0 spiro atoms. The Labute approximate surface area is 130 Å². The van der Waals surface area contributed by atoms with Crippen LogP contribution in [0.25, 0.3) is 10.2 Å². The fourth-order valence-electron chi connectivity index (χ4n) is 2.22. The van der Waals surface area contributed by atoms with Crippen LogP contribution in [0.3, 0.4) is 0 Å². The number of thiophene rings is 1. The van der Waals surface area contributed by atoms with Crippen LogP contribution in [0, 0.1) is 13.8 Å². The Bertz CT molecular complexity index is 872. The minimum absolute atomic E-state index is 0.175. The normalized spacial score (nSPS) is 10.8. The first-order chi connectivity index (χ1) is 10.5.